The molecule has 1 aromatic rings. The van der Waals surface area contributed by atoms with Crippen LogP contribution in [0.4, 0.5) is 0 Å². The molecule has 0 saturated heterocycles. The van der Waals surface area contributed by atoms with Crippen molar-refractivity contribution < 1.29 is 9.90 Å². The fraction of sp³-hybridized carbons (Fsp3) is 0.500. The first kappa shape index (κ1) is 14.2. The molecule has 2 N–H and O–H groups in total. The van der Waals surface area contributed by atoms with Gasteiger partial charge in [0.25, 0.3) is 5.91 Å². The van der Waals surface area contributed by atoms with E-state index in [4.69, 9.17) is 11.6 Å². The summed E-state index contributed by atoms with van der Waals surface area (Å²) in [5.41, 5.74) is -0.760. The van der Waals surface area contributed by atoms with E-state index >= 15 is 0 Å². The summed E-state index contributed by atoms with van der Waals surface area (Å²) in [6.07, 6.45) is 4.48. The average molecular weight is 276 g/mol. The van der Waals surface area contributed by atoms with Gasteiger partial charge in [0.2, 0.25) is 0 Å². The molecular formula is C10H14ClN3O2S. The molecule has 0 aliphatic rings. The molecule has 1 heterocycles. The number of rotatable bonds is 5. The molecule has 0 aliphatic carbocycles. The topological polar surface area (TPSA) is 75.1 Å². The van der Waals surface area contributed by atoms with E-state index in [1.54, 1.807) is 6.92 Å². The molecule has 94 valence electrons. The van der Waals surface area contributed by atoms with Gasteiger partial charge in [-0.15, -0.1) is 0 Å². The van der Waals surface area contributed by atoms with Gasteiger partial charge >= 0.3 is 0 Å². The van der Waals surface area contributed by atoms with E-state index in [0.29, 0.717) is 5.75 Å². The van der Waals surface area contributed by atoms with Crippen LogP contribution in [0.25, 0.3) is 0 Å². The van der Waals surface area contributed by atoms with Gasteiger partial charge in [-0.05, 0) is 13.2 Å². The Morgan fingerprint density at radius 1 is 1.59 bits per heavy atom. The summed E-state index contributed by atoms with van der Waals surface area (Å²) in [6.45, 7) is 1.83. The summed E-state index contributed by atoms with van der Waals surface area (Å²) >= 11 is 7.07. The summed E-state index contributed by atoms with van der Waals surface area (Å²) in [5, 5.41) is 12.7. The summed E-state index contributed by atoms with van der Waals surface area (Å²) in [5.74, 6) is 0.162. The lowest BCUT2D eigenvalue weighted by Crippen LogP contribution is -2.42. The van der Waals surface area contributed by atoms with Crippen molar-refractivity contribution in [1.29, 1.82) is 0 Å². The van der Waals surface area contributed by atoms with Gasteiger partial charge in [0.05, 0.1) is 18.0 Å². The van der Waals surface area contributed by atoms with Gasteiger partial charge in [0.1, 0.15) is 10.8 Å². The maximum atomic E-state index is 11.6. The number of carbonyl (C=O) groups excluding carboxylic acids is 1. The Labute approximate surface area is 109 Å². The minimum absolute atomic E-state index is 0.164. The van der Waals surface area contributed by atoms with Gasteiger partial charge in [-0.25, -0.2) is 9.97 Å². The molecular weight excluding hydrogens is 262 g/mol. The number of amides is 1. The van der Waals surface area contributed by atoms with E-state index < -0.39 is 5.60 Å². The second-order valence-corrected chi connectivity index (χ2v) is 5.09. The molecule has 0 saturated carbocycles. The second-order valence-electron chi connectivity index (χ2n) is 3.84. The van der Waals surface area contributed by atoms with Gasteiger partial charge in [-0.1, -0.05) is 11.6 Å². The van der Waals surface area contributed by atoms with E-state index in [0.717, 1.165) is 0 Å². The zero-order chi connectivity index (χ0) is 12.9. The Balaban J connectivity index is 2.53. The monoisotopic (exact) mass is 275 g/mol. The lowest BCUT2D eigenvalue weighted by molar-refractivity contribution is 0.0722. The highest BCUT2D eigenvalue weighted by atomic mass is 35.5. The number of hydrogen-bond acceptors (Lipinski definition) is 5. The van der Waals surface area contributed by atoms with Gasteiger partial charge in [-0.2, -0.15) is 11.8 Å². The fourth-order valence-corrected chi connectivity index (χ4v) is 1.97. The largest absolute Gasteiger partial charge is 0.387 e. The van der Waals surface area contributed by atoms with Crippen LogP contribution >= 0.6 is 23.4 Å². The highest BCUT2D eigenvalue weighted by Crippen LogP contribution is 2.09. The van der Waals surface area contributed by atoms with E-state index in [1.807, 2.05) is 6.26 Å². The maximum absolute atomic E-state index is 11.6. The molecule has 7 heteroatoms. The molecule has 0 spiro atoms. The first-order valence-electron chi connectivity index (χ1n) is 4.92. The summed E-state index contributed by atoms with van der Waals surface area (Å²) in [4.78, 5) is 19.2. The van der Waals surface area contributed by atoms with Crippen molar-refractivity contribution in [2.45, 2.75) is 12.5 Å². The summed E-state index contributed by atoms with van der Waals surface area (Å²) in [7, 11) is 0. The van der Waals surface area contributed by atoms with E-state index in [9.17, 15) is 9.90 Å². The first-order chi connectivity index (χ1) is 7.94. The molecule has 1 amide bonds. The van der Waals surface area contributed by atoms with Crippen molar-refractivity contribution in [3.05, 3.63) is 23.2 Å². The number of hydrogen-bond donors (Lipinski definition) is 2. The lowest BCUT2D eigenvalue weighted by atomic mass is 10.1. The molecule has 0 radical (unpaired) electrons. The third-order valence-electron chi connectivity index (χ3n) is 1.94. The smallest absolute Gasteiger partial charge is 0.271 e. The number of aliphatic hydroxyl groups is 1. The molecule has 1 unspecified atom stereocenters. The van der Waals surface area contributed by atoms with Crippen LogP contribution in [0.1, 0.15) is 17.4 Å². The normalized spacial score (nSPS) is 14.1. The Morgan fingerprint density at radius 2 is 2.29 bits per heavy atom. The van der Waals surface area contributed by atoms with Crippen molar-refractivity contribution in [3.8, 4) is 0 Å². The summed E-state index contributed by atoms with van der Waals surface area (Å²) in [6, 6.07) is 0. The van der Waals surface area contributed by atoms with Gasteiger partial charge in [0.15, 0.2) is 0 Å². The number of halogens is 1. The van der Waals surface area contributed by atoms with Crippen LogP contribution in [-0.4, -0.2) is 45.1 Å². The van der Waals surface area contributed by atoms with Crippen LogP contribution in [0.2, 0.25) is 5.15 Å². The van der Waals surface area contributed by atoms with Crippen molar-refractivity contribution in [2.24, 2.45) is 0 Å². The van der Waals surface area contributed by atoms with E-state index in [-0.39, 0.29) is 23.3 Å². The fourth-order valence-electron chi connectivity index (χ4n) is 1.15. The highest BCUT2D eigenvalue weighted by molar-refractivity contribution is 7.98. The zero-order valence-corrected chi connectivity index (χ0v) is 11.2. The Kier molecular flexibility index (Phi) is 5.17. The minimum atomic E-state index is -0.936. The standard InChI is InChI=1S/C10H14ClN3O2S/c1-10(16,6-17-2)5-14-9(15)7-3-13-8(11)4-12-7/h3-4,16H,5-6H2,1-2H3,(H,14,15). The predicted molar refractivity (Wildman–Crippen MR) is 68.4 cm³/mol. The maximum Gasteiger partial charge on any atom is 0.271 e. The van der Waals surface area contributed by atoms with E-state index in [1.165, 1.54) is 24.2 Å². The molecule has 1 aromatic heterocycles. The molecule has 5 nitrogen and oxygen atoms in total. The van der Waals surface area contributed by atoms with Crippen molar-refractivity contribution in [3.63, 3.8) is 0 Å². The number of carbonyl (C=O) groups is 1. The quantitative estimate of drug-likeness (QED) is 0.838. The van der Waals surface area contributed by atoms with Crippen LogP contribution in [-0.2, 0) is 0 Å². The number of nitrogens with one attached hydrogen (secondary N) is 1. The van der Waals surface area contributed by atoms with Gasteiger partial charge in [0, 0.05) is 12.3 Å². The molecule has 0 fully saturated rings. The Bertz CT molecular complexity index is 384. The molecule has 17 heavy (non-hydrogen) atoms. The van der Waals surface area contributed by atoms with Crippen LogP contribution in [0, 0.1) is 0 Å². The second kappa shape index (κ2) is 6.18. The number of aromatic nitrogens is 2. The summed E-state index contributed by atoms with van der Waals surface area (Å²) < 4.78 is 0. The number of thioether (sulfide) groups is 1. The van der Waals surface area contributed by atoms with Crippen molar-refractivity contribution in [1.82, 2.24) is 15.3 Å². The zero-order valence-electron chi connectivity index (χ0n) is 9.61. The van der Waals surface area contributed by atoms with Crippen LogP contribution < -0.4 is 5.32 Å². The number of nitrogens with zero attached hydrogens (tertiary/aromatic N) is 2. The van der Waals surface area contributed by atoms with Gasteiger partial charge < -0.3 is 10.4 Å². The molecule has 0 aliphatic heterocycles. The minimum Gasteiger partial charge on any atom is -0.387 e. The highest BCUT2D eigenvalue weighted by Gasteiger charge is 2.21. The lowest BCUT2D eigenvalue weighted by Gasteiger charge is -2.22. The third kappa shape index (κ3) is 4.89. The van der Waals surface area contributed by atoms with Crippen molar-refractivity contribution in [2.75, 3.05) is 18.6 Å². The van der Waals surface area contributed by atoms with Crippen molar-refractivity contribution >= 4 is 29.3 Å². The van der Waals surface area contributed by atoms with Crippen LogP contribution in [0.5, 0.6) is 0 Å². The predicted octanol–water partition coefficient (Wildman–Crippen LogP) is 0.974. The van der Waals surface area contributed by atoms with Crippen LogP contribution in [0.15, 0.2) is 12.4 Å². The molecule has 0 aromatic carbocycles. The van der Waals surface area contributed by atoms with Crippen LogP contribution in [0.3, 0.4) is 0 Å². The SMILES string of the molecule is CSCC(C)(O)CNC(=O)c1cnc(Cl)cn1. The van der Waals surface area contributed by atoms with Gasteiger partial charge in [-0.3, -0.25) is 4.79 Å². The third-order valence-corrected chi connectivity index (χ3v) is 3.04. The molecule has 1 rings (SSSR count). The average Bonchev–Trinajstić information content (AvgIpc) is 2.27. The Hall–Kier alpha value is -0.850. The first-order valence-corrected chi connectivity index (χ1v) is 6.69. The Morgan fingerprint density at radius 3 is 2.82 bits per heavy atom. The molecule has 0 bridgehead atoms. The van der Waals surface area contributed by atoms with E-state index in [2.05, 4.69) is 15.3 Å². The molecule has 1 atom stereocenters.